The fourth-order valence-electron chi connectivity index (χ4n) is 3.35. The van der Waals surface area contributed by atoms with Crippen LogP contribution in [0.4, 0.5) is 11.5 Å². The molecule has 4 nitrogen and oxygen atoms in total. The average Bonchev–Trinajstić information content (AvgIpc) is 2.47. The van der Waals surface area contributed by atoms with Crippen LogP contribution >= 0.6 is 15.9 Å². The van der Waals surface area contributed by atoms with E-state index in [1.165, 1.54) is 19.3 Å². The number of aromatic nitrogens is 1. The van der Waals surface area contributed by atoms with Gasteiger partial charge in [0.05, 0.1) is 17.6 Å². The van der Waals surface area contributed by atoms with Crippen LogP contribution < -0.4 is 10.2 Å². The van der Waals surface area contributed by atoms with Crippen LogP contribution in [0.15, 0.2) is 16.7 Å². The van der Waals surface area contributed by atoms with Gasteiger partial charge in [0.25, 0.3) is 0 Å². The van der Waals surface area contributed by atoms with E-state index in [0.717, 1.165) is 28.8 Å². The molecule has 1 aromatic heterocycles. The number of amides is 1. The molecular formula is C14H18BrN3O. The highest BCUT2D eigenvalue weighted by Gasteiger charge is 2.41. The summed E-state index contributed by atoms with van der Waals surface area (Å²) in [5, 5.41) is 2.99. The highest BCUT2D eigenvalue weighted by atomic mass is 79.9. The van der Waals surface area contributed by atoms with Crippen LogP contribution in [0.5, 0.6) is 0 Å². The number of fused-ring (bicyclic) bond motifs is 1. The molecule has 1 aliphatic carbocycles. The summed E-state index contributed by atoms with van der Waals surface area (Å²) in [6, 6.07) is 1.93. The number of nitrogens with zero attached hydrogens (tertiary/aromatic N) is 2. The number of hydrogen-bond donors (Lipinski definition) is 1. The maximum absolute atomic E-state index is 12.2. The predicted octanol–water partition coefficient (Wildman–Crippen LogP) is 3.33. The molecule has 19 heavy (non-hydrogen) atoms. The summed E-state index contributed by atoms with van der Waals surface area (Å²) >= 11 is 3.41. The van der Waals surface area contributed by atoms with E-state index in [0.29, 0.717) is 6.42 Å². The number of anilines is 2. The Morgan fingerprint density at radius 2 is 2.11 bits per heavy atom. The number of carbonyl (C=O) groups excluding carboxylic acids is 1. The molecule has 5 heteroatoms. The topological polar surface area (TPSA) is 45.2 Å². The summed E-state index contributed by atoms with van der Waals surface area (Å²) in [5.41, 5.74) is 0.762. The first kappa shape index (κ1) is 12.9. The van der Waals surface area contributed by atoms with E-state index in [-0.39, 0.29) is 11.4 Å². The first-order valence-electron chi connectivity index (χ1n) is 6.80. The summed E-state index contributed by atoms with van der Waals surface area (Å²) in [5.74, 6) is 0.989. The Morgan fingerprint density at radius 3 is 2.84 bits per heavy atom. The molecule has 0 unspecified atom stereocenters. The van der Waals surface area contributed by atoms with E-state index in [2.05, 4.69) is 38.2 Å². The molecule has 0 bridgehead atoms. The Morgan fingerprint density at radius 1 is 1.37 bits per heavy atom. The Hall–Kier alpha value is -1.10. The van der Waals surface area contributed by atoms with Crippen molar-refractivity contribution in [2.24, 2.45) is 0 Å². The van der Waals surface area contributed by atoms with Gasteiger partial charge in [0, 0.05) is 17.7 Å². The third kappa shape index (κ3) is 2.24. The first-order chi connectivity index (χ1) is 9.11. The lowest BCUT2D eigenvalue weighted by atomic mass is 9.78. The monoisotopic (exact) mass is 323 g/mol. The molecule has 1 amide bonds. The van der Waals surface area contributed by atoms with Gasteiger partial charge in [0.2, 0.25) is 5.91 Å². The van der Waals surface area contributed by atoms with Crippen molar-refractivity contribution in [2.75, 3.05) is 17.3 Å². The highest BCUT2D eigenvalue weighted by molar-refractivity contribution is 9.10. The number of carbonyl (C=O) groups is 1. The van der Waals surface area contributed by atoms with E-state index >= 15 is 0 Å². The van der Waals surface area contributed by atoms with Gasteiger partial charge in [-0.15, -0.1) is 0 Å². The standard InChI is InChI=1S/C14H18BrN3O/c1-18-13-11(7-10(15)9-16-13)17-12(19)8-14(18)5-3-2-4-6-14/h7,9H,2-6,8H2,1H3,(H,17,19). The molecule has 1 fully saturated rings. The molecule has 0 saturated heterocycles. The van der Waals surface area contributed by atoms with Gasteiger partial charge in [-0.3, -0.25) is 4.79 Å². The maximum Gasteiger partial charge on any atom is 0.226 e. The minimum atomic E-state index is -0.0472. The van der Waals surface area contributed by atoms with Gasteiger partial charge in [-0.1, -0.05) is 19.3 Å². The van der Waals surface area contributed by atoms with Crippen molar-refractivity contribution in [1.82, 2.24) is 4.98 Å². The minimum absolute atomic E-state index is 0.0472. The van der Waals surface area contributed by atoms with Gasteiger partial charge >= 0.3 is 0 Å². The van der Waals surface area contributed by atoms with Crippen molar-refractivity contribution < 1.29 is 4.79 Å². The second-order valence-electron chi connectivity index (χ2n) is 5.59. The Kier molecular flexibility index (Phi) is 3.25. The normalized spacial score (nSPS) is 21.8. The molecule has 1 aromatic rings. The van der Waals surface area contributed by atoms with E-state index in [1.807, 2.05) is 6.07 Å². The van der Waals surface area contributed by atoms with Crippen LogP contribution in [0.3, 0.4) is 0 Å². The summed E-state index contributed by atoms with van der Waals surface area (Å²) in [4.78, 5) is 18.9. The number of pyridine rings is 1. The average molecular weight is 324 g/mol. The van der Waals surface area contributed by atoms with E-state index in [9.17, 15) is 4.79 Å². The zero-order valence-electron chi connectivity index (χ0n) is 11.1. The van der Waals surface area contributed by atoms with Crippen LogP contribution in [0.2, 0.25) is 0 Å². The number of hydrogen-bond acceptors (Lipinski definition) is 3. The number of nitrogens with one attached hydrogen (secondary N) is 1. The van der Waals surface area contributed by atoms with Crippen molar-refractivity contribution in [3.05, 3.63) is 16.7 Å². The van der Waals surface area contributed by atoms with Crippen LogP contribution in [-0.4, -0.2) is 23.5 Å². The maximum atomic E-state index is 12.2. The molecule has 1 aliphatic heterocycles. The fourth-order valence-corrected chi connectivity index (χ4v) is 3.68. The van der Waals surface area contributed by atoms with Crippen molar-refractivity contribution in [3.63, 3.8) is 0 Å². The lowest BCUT2D eigenvalue weighted by Crippen LogP contribution is -2.49. The zero-order chi connectivity index (χ0) is 13.5. The van der Waals surface area contributed by atoms with Crippen molar-refractivity contribution in [2.45, 2.75) is 44.1 Å². The van der Waals surface area contributed by atoms with Gasteiger partial charge in [-0.2, -0.15) is 0 Å². The van der Waals surface area contributed by atoms with Gasteiger partial charge in [-0.05, 0) is 34.8 Å². The summed E-state index contributed by atoms with van der Waals surface area (Å²) in [7, 11) is 2.07. The molecule has 1 N–H and O–H groups in total. The molecule has 3 rings (SSSR count). The van der Waals surface area contributed by atoms with Crippen molar-refractivity contribution >= 4 is 33.3 Å². The van der Waals surface area contributed by atoms with Gasteiger partial charge in [0.1, 0.15) is 0 Å². The molecule has 2 aliphatic rings. The Balaban J connectivity index is 2.06. The number of rotatable bonds is 0. The SMILES string of the molecule is CN1c2ncc(Br)cc2NC(=O)CC12CCCCC2. The second kappa shape index (κ2) is 4.78. The molecule has 0 atom stereocenters. The molecule has 102 valence electrons. The van der Waals surface area contributed by atoms with Crippen molar-refractivity contribution in [3.8, 4) is 0 Å². The smallest absolute Gasteiger partial charge is 0.226 e. The first-order valence-corrected chi connectivity index (χ1v) is 7.59. The Bertz CT molecular complexity index is 511. The molecule has 1 saturated carbocycles. The lowest BCUT2D eigenvalue weighted by Gasteiger charge is -2.43. The minimum Gasteiger partial charge on any atom is -0.352 e. The van der Waals surface area contributed by atoms with Crippen LogP contribution in [0.25, 0.3) is 0 Å². The highest BCUT2D eigenvalue weighted by Crippen LogP contribution is 2.42. The quantitative estimate of drug-likeness (QED) is 0.796. The van der Waals surface area contributed by atoms with E-state index < -0.39 is 0 Å². The molecule has 1 spiro atoms. The van der Waals surface area contributed by atoms with E-state index in [1.54, 1.807) is 6.20 Å². The molecule has 2 heterocycles. The summed E-state index contributed by atoms with van der Waals surface area (Å²) < 4.78 is 0.888. The largest absolute Gasteiger partial charge is 0.352 e. The third-order valence-electron chi connectivity index (χ3n) is 4.41. The van der Waals surface area contributed by atoms with Crippen LogP contribution in [0, 0.1) is 0 Å². The molecule has 0 aromatic carbocycles. The zero-order valence-corrected chi connectivity index (χ0v) is 12.7. The van der Waals surface area contributed by atoms with Crippen LogP contribution in [-0.2, 0) is 4.79 Å². The van der Waals surface area contributed by atoms with E-state index in [4.69, 9.17) is 0 Å². The van der Waals surface area contributed by atoms with Crippen LogP contribution in [0.1, 0.15) is 38.5 Å². The number of halogens is 1. The predicted molar refractivity (Wildman–Crippen MR) is 79.4 cm³/mol. The Labute approximate surface area is 121 Å². The summed E-state index contributed by atoms with van der Waals surface area (Å²) in [6.45, 7) is 0. The van der Waals surface area contributed by atoms with Crippen molar-refractivity contribution in [1.29, 1.82) is 0 Å². The summed E-state index contributed by atoms with van der Waals surface area (Å²) in [6.07, 6.45) is 8.19. The second-order valence-corrected chi connectivity index (χ2v) is 6.51. The van der Waals surface area contributed by atoms with Gasteiger partial charge in [-0.25, -0.2) is 4.98 Å². The fraction of sp³-hybridized carbons (Fsp3) is 0.571. The third-order valence-corrected chi connectivity index (χ3v) is 4.84. The van der Waals surface area contributed by atoms with Gasteiger partial charge < -0.3 is 10.2 Å². The molecule has 0 radical (unpaired) electrons. The lowest BCUT2D eigenvalue weighted by molar-refractivity contribution is -0.117. The van der Waals surface area contributed by atoms with Gasteiger partial charge in [0.15, 0.2) is 5.82 Å². The molecular weight excluding hydrogens is 306 g/mol.